The van der Waals surface area contributed by atoms with Crippen LogP contribution in [0.2, 0.25) is 0 Å². The van der Waals surface area contributed by atoms with E-state index in [4.69, 9.17) is 0 Å². The van der Waals surface area contributed by atoms with E-state index in [-0.39, 0.29) is 57.8 Å². The van der Waals surface area contributed by atoms with Gasteiger partial charge in [0.15, 0.2) is 0 Å². The molecule has 4 heteroatoms. The van der Waals surface area contributed by atoms with Gasteiger partial charge in [-0.3, -0.25) is 4.98 Å². The second-order valence-electron chi connectivity index (χ2n) is 1.90. The van der Waals surface area contributed by atoms with Crippen molar-refractivity contribution in [2.24, 2.45) is 0 Å². The third-order valence-corrected chi connectivity index (χ3v) is 1.10. The summed E-state index contributed by atoms with van der Waals surface area (Å²) in [5, 5.41) is 10.0. The van der Waals surface area contributed by atoms with E-state index in [0.717, 1.165) is 5.56 Å². The molecule has 52 valence electrons. The van der Waals surface area contributed by atoms with E-state index in [0.29, 0.717) is 0 Å². The monoisotopic (exact) mass is 175 g/mol. The number of rotatable bonds is 2. The summed E-state index contributed by atoms with van der Waals surface area (Å²) in [7, 11) is 0. The molecular weight excluding hydrogens is 169 g/mol. The molecule has 1 rings (SSSR count). The Balaban J connectivity index is 0.000001000. The molecule has 0 fully saturated rings. The quantitative estimate of drug-likeness (QED) is 0.436. The summed E-state index contributed by atoms with van der Waals surface area (Å²) >= 11 is 0. The fourth-order valence-corrected chi connectivity index (χ4v) is 0.667. The van der Waals surface area contributed by atoms with Crippen molar-refractivity contribution in [3.63, 3.8) is 0 Å². The van der Waals surface area contributed by atoms with Crippen molar-refractivity contribution in [2.45, 2.75) is 6.42 Å². The van der Waals surface area contributed by atoms with Gasteiger partial charge in [-0.05, 0) is 17.7 Å². The minimum atomic E-state index is -1.06. The average Bonchev–Trinajstić information content (AvgIpc) is 1.88. The fraction of sp³-hybridized carbons (Fsp3) is 0.143. The van der Waals surface area contributed by atoms with Crippen LogP contribution >= 0.6 is 0 Å². The molecule has 0 spiro atoms. The summed E-state index contributed by atoms with van der Waals surface area (Å²) < 4.78 is 0. The Morgan fingerprint density at radius 2 is 2.00 bits per heavy atom. The van der Waals surface area contributed by atoms with Crippen molar-refractivity contribution in [3.8, 4) is 0 Å². The minimum absolute atomic E-state index is 0. The average molecular weight is 175 g/mol. The maximum Gasteiger partial charge on any atom is 1.00 e. The summed E-state index contributed by atoms with van der Waals surface area (Å²) in [6.07, 6.45) is 3.07. The van der Waals surface area contributed by atoms with E-state index < -0.39 is 5.97 Å². The Bertz CT molecular complexity index is 225. The number of hydrogen-bond donors (Lipinski definition) is 0. The molecule has 0 radical (unpaired) electrons. The number of aliphatic carboxylic acids is 1. The molecule has 0 saturated heterocycles. The molecule has 11 heavy (non-hydrogen) atoms. The first-order valence-electron chi connectivity index (χ1n) is 2.88. The molecule has 0 saturated carbocycles. The fourth-order valence-electron chi connectivity index (χ4n) is 0.667. The van der Waals surface area contributed by atoms with Crippen LogP contribution in [-0.2, 0) is 11.2 Å². The predicted octanol–water partition coefficient (Wildman–Crippen LogP) is -3.62. The molecule has 1 aromatic rings. The number of carboxylic acids is 1. The van der Waals surface area contributed by atoms with E-state index in [1.807, 2.05) is 0 Å². The van der Waals surface area contributed by atoms with Crippen LogP contribution in [0, 0.1) is 0 Å². The maximum absolute atomic E-state index is 10.0. The van der Waals surface area contributed by atoms with Gasteiger partial charge >= 0.3 is 51.4 Å². The summed E-state index contributed by atoms with van der Waals surface area (Å²) in [6, 6.07) is 3.30. The number of carbonyl (C=O) groups is 1. The Morgan fingerprint density at radius 3 is 2.45 bits per heavy atom. The van der Waals surface area contributed by atoms with Gasteiger partial charge in [-0.15, -0.1) is 0 Å². The van der Waals surface area contributed by atoms with Crippen LogP contribution in [0.4, 0.5) is 0 Å². The number of hydrogen-bond acceptors (Lipinski definition) is 3. The first-order chi connectivity index (χ1) is 4.79. The predicted molar refractivity (Wildman–Crippen MR) is 32.9 cm³/mol. The number of aromatic nitrogens is 1. The summed E-state index contributed by atoms with van der Waals surface area (Å²) in [5.41, 5.74) is 0.718. The van der Waals surface area contributed by atoms with Gasteiger partial charge in [0.1, 0.15) is 0 Å². The number of pyridine rings is 1. The SMILES string of the molecule is O=C([O-])Cc1ccncc1.[K+]. The van der Waals surface area contributed by atoms with Crippen molar-refractivity contribution in [1.29, 1.82) is 0 Å². The van der Waals surface area contributed by atoms with Gasteiger partial charge in [0.25, 0.3) is 0 Å². The van der Waals surface area contributed by atoms with E-state index in [1.54, 1.807) is 24.5 Å². The van der Waals surface area contributed by atoms with Gasteiger partial charge in [0, 0.05) is 24.8 Å². The van der Waals surface area contributed by atoms with Gasteiger partial charge < -0.3 is 9.90 Å². The molecule has 0 aliphatic heterocycles. The molecule has 3 nitrogen and oxygen atoms in total. The van der Waals surface area contributed by atoms with Crippen LogP contribution < -0.4 is 56.5 Å². The summed E-state index contributed by atoms with van der Waals surface area (Å²) in [4.78, 5) is 13.8. The van der Waals surface area contributed by atoms with Crippen LogP contribution in [0.1, 0.15) is 5.56 Å². The van der Waals surface area contributed by atoms with Crippen molar-refractivity contribution in [3.05, 3.63) is 30.1 Å². The second kappa shape index (κ2) is 5.85. The first-order valence-corrected chi connectivity index (χ1v) is 2.88. The molecular formula is C7H6KNO2. The van der Waals surface area contributed by atoms with E-state index in [9.17, 15) is 9.90 Å². The zero-order valence-corrected chi connectivity index (χ0v) is 9.40. The van der Waals surface area contributed by atoms with E-state index in [1.165, 1.54) is 0 Å². The van der Waals surface area contributed by atoms with Gasteiger partial charge in [0.2, 0.25) is 0 Å². The van der Waals surface area contributed by atoms with Crippen LogP contribution in [0.15, 0.2) is 24.5 Å². The normalized spacial score (nSPS) is 8.36. The van der Waals surface area contributed by atoms with Gasteiger partial charge in [-0.1, -0.05) is 0 Å². The number of nitrogens with zero attached hydrogens (tertiary/aromatic N) is 1. The Labute approximate surface area is 107 Å². The molecule has 0 bridgehead atoms. The van der Waals surface area contributed by atoms with Gasteiger partial charge in [-0.25, -0.2) is 0 Å². The zero-order valence-electron chi connectivity index (χ0n) is 6.28. The number of carboxylic acid groups (broad SMARTS) is 1. The molecule has 1 heterocycles. The third-order valence-electron chi connectivity index (χ3n) is 1.10. The van der Waals surface area contributed by atoms with Crippen LogP contribution in [0.25, 0.3) is 0 Å². The largest absolute Gasteiger partial charge is 1.00 e. The van der Waals surface area contributed by atoms with Crippen molar-refractivity contribution in [2.75, 3.05) is 0 Å². The van der Waals surface area contributed by atoms with Gasteiger partial charge in [-0.2, -0.15) is 0 Å². The Hall–Kier alpha value is 0.256. The number of carbonyl (C=O) groups excluding carboxylic acids is 1. The van der Waals surface area contributed by atoms with Crippen LogP contribution in [0.5, 0.6) is 0 Å². The van der Waals surface area contributed by atoms with Crippen LogP contribution in [-0.4, -0.2) is 11.0 Å². The molecule has 0 aromatic carbocycles. The molecule has 0 N–H and O–H groups in total. The standard InChI is InChI=1S/C7H7NO2.K/c9-7(10)5-6-1-3-8-4-2-6;/h1-4H,5H2,(H,9,10);/q;+1/p-1. The Kier molecular flexibility index (Phi) is 5.99. The Morgan fingerprint density at radius 1 is 1.45 bits per heavy atom. The summed E-state index contributed by atoms with van der Waals surface area (Å²) in [6.45, 7) is 0. The zero-order chi connectivity index (χ0) is 7.40. The topological polar surface area (TPSA) is 53.0 Å². The minimum Gasteiger partial charge on any atom is -0.550 e. The van der Waals surface area contributed by atoms with Crippen molar-refractivity contribution < 1.29 is 61.3 Å². The molecule has 0 aliphatic rings. The smallest absolute Gasteiger partial charge is 0.550 e. The first kappa shape index (κ1) is 11.3. The third kappa shape index (κ3) is 4.65. The second-order valence-corrected chi connectivity index (χ2v) is 1.90. The molecule has 0 aliphatic carbocycles. The van der Waals surface area contributed by atoms with E-state index in [2.05, 4.69) is 4.98 Å². The molecule has 0 amide bonds. The maximum atomic E-state index is 10.0. The molecule has 0 atom stereocenters. The summed E-state index contributed by atoms with van der Waals surface area (Å²) in [5.74, 6) is -1.06. The molecule has 1 aromatic heterocycles. The van der Waals surface area contributed by atoms with Crippen molar-refractivity contribution >= 4 is 5.97 Å². The van der Waals surface area contributed by atoms with Crippen LogP contribution in [0.3, 0.4) is 0 Å². The molecule has 0 unspecified atom stereocenters. The van der Waals surface area contributed by atoms with E-state index >= 15 is 0 Å². The van der Waals surface area contributed by atoms with Crippen molar-refractivity contribution in [1.82, 2.24) is 4.98 Å². The van der Waals surface area contributed by atoms with Gasteiger partial charge in [0.05, 0.1) is 0 Å².